The fourth-order valence-corrected chi connectivity index (χ4v) is 2.63. The van der Waals surface area contributed by atoms with Crippen LogP contribution in [0.2, 0.25) is 0 Å². The molecule has 0 unspecified atom stereocenters. The number of rotatable bonds is 5. The summed E-state index contributed by atoms with van der Waals surface area (Å²) in [4.78, 5) is 24.1. The summed E-state index contributed by atoms with van der Waals surface area (Å²) in [7, 11) is 2.87. The number of benzene rings is 1. The number of Topliss-reactive ketones (excluding diaryl/α,β-unsaturated/α-hetero) is 1. The highest BCUT2D eigenvalue weighted by Crippen LogP contribution is 2.35. The van der Waals surface area contributed by atoms with Gasteiger partial charge in [-0.2, -0.15) is 0 Å². The molecule has 22 heavy (non-hydrogen) atoms. The van der Waals surface area contributed by atoms with Crippen LogP contribution in [0.5, 0.6) is 11.5 Å². The van der Waals surface area contributed by atoms with Crippen molar-refractivity contribution in [3.05, 3.63) is 35.4 Å². The summed E-state index contributed by atoms with van der Waals surface area (Å²) in [5.41, 5.74) is 1.50. The van der Waals surface area contributed by atoms with Crippen molar-refractivity contribution in [2.75, 3.05) is 20.8 Å². The fraction of sp³-hybridized carbons (Fsp3) is 0.412. The normalized spacial score (nSPS) is 21.0. The summed E-state index contributed by atoms with van der Waals surface area (Å²) in [6.07, 6.45) is 0. The van der Waals surface area contributed by atoms with Crippen molar-refractivity contribution in [1.82, 2.24) is 0 Å². The lowest BCUT2D eigenvalue weighted by Gasteiger charge is -2.19. The number of esters is 1. The second-order valence-electron chi connectivity index (χ2n) is 5.27. The number of ether oxygens (including phenoxy) is 3. The van der Waals surface area contributed by atoms with E-state index in [1.54, 1.807) is 26.2 Å². The molecule has 0 aromatic heterocycles. The molecule has 0 amide bonds. The van der Waals surface area contributed by atoms with Crippen molar-refractivity contribution in [2.45, 2.75) is 13.8 Å². The maximum Gasteiger partial charge on any atom is 0.317 e. The Balaban J connectivity index is 2.15. The molecule has 0 N–H and O–H groups in total. The Morgan fingerprint density at radius 1 is 1.18 bits per heavy atom. The number of methoxy groups -OCH3 is 2. The number of ketones is 1. The molecule has 0 heterocycles. The first-order valence-corrected chi connectivity index (χ1v) is 7.05. The van der Waals surface area contributed by atoms with Crippen LogP contribution in [0, 0.1) is 11.8 Å². The van der Waals surface area contributed by atoms with Crippen LogP contribution >= 0.6 is 0 Å². The quantitative estimate of drug-likeness (QED) is 0.617. The molecular weight excluding hydrogens is 284 g/mol. The highest BCUT2D eigenvalue weighted by atomic mass is 16.5. The molecule has 0 aliphatic heterocycles. The molecule has 2 rings (SSSR count). The van der Waals surface area contributed by atoms with E-state index in [4.69, 9.17) is 14.2 Å². The molecule has 0 saturated carbocycles. The Kier molecular flexibility index (Phi) is 4.85. The van der Waals surface area contributed by atoms with Crippen LogP contribution in [-0.2, 0) is 14.3 Å². The van der Waals surface area contributed by atoms with Crippen LogP contribution in [0.4, 0.5) is 0 Å². The van der Waals surface area contributed by atoms with Crippen molar-refractivity contribution >= 4 is 11.8 Å². The van der Waals surface area contributed by atoms with E-state index in [-0.39, 0.29) is 18.3 Å². The Labute approximate surface area is 129 Å². The average molecular weight is 304 g/mol. The Morgan fingerprint density at radius 2 is 1.86 bits per heavy atom. The molecular formula is C17H20O5. The predicted molar refractivity (Wildman–Crippen MR) is 80.9 cm³/mol. The molecule has 5 nitrogen and oxygen atoms in total. The van der Waals surface area contributed by atoms with E-state index in [9.17, 15) is 9.59 Å². The number of carbonyl (C=O) groups excluding carboxylic acids is 2. The lowest BCUT2D eigenvalue weighted by Crippen LogP contribution is -2.31. The molecule has 1 aliphatic rings. The van der Waals surface area contributed by atoms with Gasteiger partial charge < -0.3 is 14.2 Å². The second-order valence-corrected chi connectivity index (χ2v) is 5.27. The first-order valence-electron chi connectivity index (χ1n) is 7.05. The Morgan fingerprint density at radius 3 is 2.50 bits per heavy atom. The molecule has 1 aromatic rings. The summed E-state index contributed by atoms with van der Waals surface area (Å²) in [6, 6.07) is 7.20. The largest absolute Gasteiger partial charge is 0.497 e. The van der Waals surface area contributed by atoms with Gasteiger partial charge in [0.15, 0.2) is 5.78 Å². The molecule has 0 bridgehead atoms. The molecule has 0 saturated heterocycles. The van der Waals surface area contributed by atoms with E-state index in [2.05, 4.69) is 0 Å². The van der Waals surface area contributed by atoms with Gasteiger partial charge in [0.05, 0.1) is 20.8 Å². The van der Waals surface area contributed by atoms with Crippen molar-refractivity contribution in [3.8, 4) is 11.5 Å². The highest BCUT2D eigenvalue weighted by Gasteiger charge is 2.43. The summed E-state index contributed by atoms with van der Waals surface area (Å²) in [5.74, 6) is -0.480. The molecule has 5 heteroatoms. The van der Waals surface area contributed by atoms with Gasteiger partial charge in [0.2, 0.25) is 0 Å². The van der Waals surface area contributed by atoms with Crippen LogP contribution in [0.3, 0.4) is 0 Å². The molecule has 1 aromatic carbocycles. The fourth-order valence-electron chi connectivity index (χ4n) is 2.63. The first-order chi connectivity index (χ1) is 10.5. The predicted octanol–water partition coefficient (Wildman–Crippen LogP) is 2.40. The molecule has 0 fully saturated rings. The van der Waals surface area contributed by atoms with Crippen LogP contribution in [0.25, 0.3) is 0 Å². The summed E-state index contributed by atoms with van der Waals surface area (Å²) >= 11 is 0. The van der Waals surface area contributed by atoms with Gasteiger partial charge in [0.1, 0.15) is 17.4 Å². The lowest BCUT2D eigenvalue weighted by atomic mass is 9.92. The van der Waals surface area contributed by atoms with Gasteiger partial charge in [0.25, 0.3) is 0 Å². The minimum Gasteiger partial charge on any atom is -0.497 e. The molecule has 0 spiro atoms. The number of carbonyl (C=O) groups is 2. The van der Waals surface area contributed by atoms with E-state index >= 15 is 0 Å². The van der Waals surface area contributed by atoms with Gasteiger partial charge in [0, 0.05) is 12.0 Å². The van der Waals surface area contributed by atoms with E-state index in [0.717, 1.165) is 5.57 Å². The summed E-state index contributed by atoms with van der Waals surface area (Å²) < 4.78 is 15.6. The second kappa shape index (κ2) is 6.64. The topological polar surface area (TPSA) is 61.8 Å². The van der Waals surface area contributed by atoms with Crippen molar-refractivity contribution in [1.29, 1.82) is 0 Å². The van der Waals surface area contributed by atoms with Gasteiger partial charge in [-0.1, -0.05) is 11.6 Å². The third-order valence-corrected chi connectivity index (χ3v) is 4.13. The van der Waals surface area contributed by atoms with Crippen LogP contribution in [-0.4, -0.2) is 32.6 Å². The average Bonchev–Trinajstić information content (AvgIpc) is 2.76. The SMILES string of the molecule is COC(=O)[C@H]1C(=O)C(C)=C(C)[C@@H]1COc1cccc(OC)c1. The molecule has 118 valence electrons. The first kappa shape index (κ1) is 16.1. The summed E-state index contributed by atoms with van der Waals surface area (Å²) in [5, 5.41) is 0. The van der Waals surface area contributed by atoms with Gasteiger partial charge >= 0.3 is 5.97 Å². The molecule has 1 aliphatic carbocycles. The maximum absolute atomic E-state index is 12.2. The van der Waals surface area contributed by atoms with E-state index in [1.165, 1.54) is 7.11 Å². The standard InChI is InChI=1S/C17H20O5/c1-10-11(2)16(18)15(17(19)21-4)14(10)9-22-13-7-5-6-12(8-13)20-3/h5-8,14-15H,9H2,1-4H3/t14-,15+/m0/s1. The monoisotopic (exact) mass is 304 g/mol. The van der Waals surface area contributed by atoms with Crippen molar-refractivity contribution < 1.29 is 23.8 Å². The maximum atomic E-state index is 12.2. The smallest absolute Gasteiger partial charge is 0.317 e. The van der Waals surface area contributed by atoms with Gasteiger partial charge in [-0.05, 0) is 31.6 Å². The van der Waals surface area contributed by atoms with Crippen LogP contribution < -0.4 is 9.47 Å². The van der Waals surface area contributed by atoms with Crippen LogP contribution in [0.1, 0.15) is 13.8 Å². The molecule has 2 atom stereocenters. The minimum absolute atomic E-state index is 0.177. The molecule has 0 radical (unpaired) electrons. The lowest BCUT2D eigenvalue weighted by molar-refractivity contribution is -0.149. The minimum atomic E-state index is -0.810. The number of hydrogen-bond acceptors (Lipinski definition) is 5. The van der Waals surface area contributed by atoms with E-state index in [0.29, 0.717) is 17.1 Å². The third kappa shape index (κ3) is 2.98. The van der Waals surface area contributed by atoms with Crippen molar-refractivity contribution in [2.24, 2.45) is 11.8 Å². The Bertz CT molecular complexity index is 617. The third-order valence-electron chi connectivity index (χ3n) is 4.13. The van der Waals surface area contributed by atoms with Crippen LogP contribution in [0.15, 0.2) is 35.4 Å². The Hall–Kier alpha value is -2.30. The van der Waals surface area contributed by atoms with E-state index in [1.807, 2.05) is 19.1 Å². The highest BCUT2D eigenvalue weighted by molar-refractivity contribution is 6.11. The zero-order valence-electron chi connectivity index (χ0n) is 13.2. The van der Waals surface area contributed by atoms with Gasteiger partial charge in [-0.3, -0.25) is 9.59 Å². The van der Waals surface area contributed by atoms with E-state index < -0.39 is 11.9 Å². The van der Waals surface area contributed by atoms with Gasteiger partial charge in [-0.25, -0.2) is 0 Å². The zero-order valence-corrected chi connectivity index (χ0v) is 13.2. The zero-order chi connectivity index (χ0) is 16.3. The number of allylic oxidation sites excluding steroid dienone is 1. The van der Waals surface area contributed by atoms with Gasteiger partial charge in [-0.15, -0.1) is 0 Å². The van der Waals surface area contributed by atoms with Crippen molar-refractivity contribution in [3.63, 3.8) is 0 Å². The number of hydrogen-bond donors (Lipinski definition) is 0. The summed E-state index contributed by atoms with van der Waals surface area (Å²) in [6.45, 7) is 3.83.